The molecular formula is C81H154O17P2. The van der Waals surface area contributed by atoms with Crippen LogP contribution in [0.15, 0.2) is 24.3 Å². The monoisotopic (exact) mass is 1460 g/mol. The lowest BCUT2D eigenvalue weighted by Gasteiger charge is -2.21. The molecule has 0 aromatic rings. The number of aliphatic hydroxyl groups is 1. The maximum Gasteiger partial charge on any atom is 0.472 e. The average molecular weight is 1460 g/mol. The van der Waals surface area contributed by atoms with Gasteiger partial charge in [-0.05, 0) is 63.2 Å². The van der Waals surface area contributed by atoms with Gasteiger partial charge in [-0.15, -0.1) is 0 Å². The number of hydrogen-bond acceptors (Lipinski definition) is 15. The van der Waals surface area contributed by atoms with Gasteiger partial charge in [0.15, 0.2) is 12.2 Å². The van der Waals surface area contributed by atoms with Crippen LogP contribution in [0.1, 0.15) is 401 Å². The molecule has 0 aliphatic heterocycles. The fourth-order valence-electron chi connectivity index (χ4n) is 12.0. The summed E-state index contributed by atoms with van der Waals surface area (Å²) in [6.07, 6.45) is 64.8. The van der Waals surface area contributed by atoms with Crippen LogP contribution >= 0.6 is 15.6 Å². The van der Waals surface area contributed by atoms with Crippen molar-refractivity contribution in [1.29, 1.82) is 0 Å². The second-order valence-corrected chi connectivity index (χ2v) is 32.3. The van der Waals surface area contributed by atoms with Crippen LogP contribution in [0.3, 0.4) is 0 Å². The summed E-state index contributed by atoms with van der Waals surface area (Å²) in [5.74, 6) is -0.662. The number of phosphoric acid groups is 2. The number of allylic oxidation sites excluding steroid dienone is 4. The molecule has 0 radical (unpaired) electrons. The number of aliphatic hydroxyl groups excluding tert-OH is 1. The minimum atomic E-state index is -4.97. The van der Waals surface area contributed by atoms with Gasteiger partial charge in [0, 0.05) is 25.7 Å². The van der Waals surface area contributed by atoms with Gasteiger partial charge in [-0.1, -0.05) is 348 Å². The predicted octanol–water partition coefficient (Wildman–Crippen LogP) is 23.8. The molecule has 0 fully saturated rings. The molecule has 3 N–H and O–H groups in total. The Labute approximate surface area is 612 Å². The summed E-state index contributed by atoms with van der Waals surface area (Å²) in [5, 5.41) is 10.6. The first-order valence-electron chi connectivity index (χ1n) is 41.3. The molecule has 0 aromatic carbocycles. The van der Waals surface area contributed by atoms with Gasteiger partial charge in [0.2, 0.25) is 0 Å². The standard InChI is InChI=1S/C81H154O17P2/c1-7-9-11-13-15-17-19-21-23-24-25-26-27-29-31-36-40-46-53-59-65-80(85)97-76(69-91-78(83)63-57-51-45-39-35-30-28-22-20-18-16-14-12-10-8-2)71-95-99(87,88)93-67-75(82)68-94-100(89,90)96-72-77(70-92-79(84)64-58-52-48-42-44-50-56-62-74(5)6)98-81(86)66-60-54-47-41-37-33-32-34-38-43-49-55-61-73(3)4/h18,20,22,28,73-77,82H,7-17,19,21,23-27,29-72H2,1-6H3,(H,87,88)(H,89,90)/b20-18-,28-22-/t75-,76-,77-/m1/s1. The molecule has 590 valence electrons. The van der Waals surface area contributed by atoms with E-state index in [1.807, 2.05) is 0 Å². The SMILES string of the molecule is CCCCCC/C=C\C=C/CCCCCCCC(=O)OC[C@H](COP(=O)(O)OC[C@@H](O)COP(=O)(O)OC[C@@H](COC(=O)CCCCCCCCCC(C)C)OC(=O)CCCCCCCCCCCCCCC(C)C)OC(=O)CCCCCCCCCCCCCCCCCCCCCC. The smallest absolute Gasteiger partial charge is 0.462 e. The van der Waals surface area contributed by atoms with E-state index in [0.717, 1.165) is 121 Å². The van der Waals surface area contributed by atoms with Crippen molar-refractivity contribution in [3.63, 3.8) is 0 Å². The topological polar surface area (TPSA) is 237 Å². The highest BCUT2D eigenvalue weighted by Gasteiger charge is 2.30. The summed E-state index contributed by atoms with van der Waals surface area (Å²) < 4.78 is 68.6. The van der Waals surface area contributed by atoms with E-state index in [-0.39, 0.29) is 25.7 Å². The average Bonchev–Trinajstić information content (AvgIpc) is 0.912. The van der Waals surface area contributed by atoms with Crippen LogP contribution in [0.4, 0.5) is 0 Å². The van der Waals surface area contributed by atoms with Crippen molar-refractivity contribution in [2.24, 2.45) is 11.8 Å². The molecule has 19 heteroatoms. The van der Waals surface area contributed by atoms with E-state index in [9.17, 15) is 43.2 Å². The molecule has 0 aliphatic rings. The first-order valence-corrected chi connectivity index (χ1v) is 44.3. The Morgan fingerprint density at radius 2 is 0.540 bits per heavy atom. The minimum absolute atomic E-state index is 0.102. The lowest BCUT2D eigenvalue weighted by Crippen LogP contribution is -2.30. The van der Waals surface area contributed by atoms with Gasteiger partial charge >= 0.3 is 39.5 Å². The predicted molar refractivity (Wildman–Crippen MR) is 409 cm³/mol. The number of ether oxygens (including phenoxy) is 4. The molecule has 0 saturated heterocycles. The Morgan fingerprint density at radius 3 is 0.820 bits per heavy atom. The molecule has 100 heavy (non-hydrogen) atoms. The zero-order valence-electron chi connectivity index (χ0n) is 65.0. The fraction of sp³-hybridized carbons (Fsp3) is 0.901. The largest absolute Gasteiger partial charge is 0.472 e. The number of phosphoric ester groups is 2. The summed E-state index contributed by atoms with van der Waals surface area (Å²) in [6.45, 7) is 9.51. The van der Waals surface area contributed by atoms with Gasteiger partial charge in [0.1, 0.15) is 19.3 Å². The maximum atomic E-state index is 13.1. The summed E-state index contributed by atoms with van der Waals surface area (Å²) >= 11 is 0. The highest BCUT2D eigenvalue weighted by molar-refractivity contribution is 7.47. The van der Waals surface area contributed by atoms with Gasteiger partial charge < -0.3 is 33.8 Å². The zero-order chi connectivity index (χ0) is 73.5. The third kappa shape index (κ3) is 73.8. The first kappa shape index (κ1) is 97.5. The van der Waals surface area contributed by atoms with E-state index in [1.54, 1.807) is 0 Å². The maximum absolute atomic E-state index is 13.1. The molecule has 0 bridgehead atoms. The van der Waals surface area contributed by atoms with Gasteiger partial charge in [-0.25, -0.2) is 9.13 Å². The van der Waals surface area contributed by atoms with Crippen LogP contribution in [0.25, 0.3) is 0 Å². The van der Waals surface area contributed by atoms with Crippen molar-refractivity contribution in [3.8, 4) is 0 Å². The normalized spacial score (nSPS) is 14.1. The van der Waals surface area contributed by atoms with Gasteiger partial charge in [0.05, 0.1) is 26.4 Å². The molecule has 0 amide bonds. The lowest BCUT2D eigenvalue weighted by molar-refractivity contribution is -0.161. The summed E-state index contributed by atoms with van der Waals surface area (Å²) in [6, 6.07) is 0. The molecule has 0 saturated carbocycles. The summed E-state index contributed by atoms with van der Waals surface area (Å²) in [4.78, 5) is 73.0. The molecule has 0 aromatic heterocycles. The van der Waals surface area contributed by atoms with Crippen molar-refractivity contribution < 1.29 is 80.2 Å². The Bertz CT molecular complexity index is 2020. The molecule has 0 spiro atoms. The number of hydrogen-bond donors (Lipinski definition) is 3. The van der Waals surface area contributed by atoms with Crippen LogP contribution in [-0.4, -0.2) is 96.7 Å². The Balaban J connectivity index is 5.26. The number of esters is 4. The van der Waals surface area contributed by atoms with E-state index in [1.165, 1.54) is 193 Å². The number of unbranched alkanes of at least 4 members (excludes halogenated alkanes) is 45. The molecule has 0 rings (SSSR count). The molecular weight excluding hydrogens is 1310 g/mol. The molecule has 5 atom stereocenters. The van der Waals surface area contributed by atoms with Crippen molar-refractivity contribution in [2.45, 2.75) is 419 Å². The second-order valence-electron chi connectivity index (χ2n) is 29.4. The Kier molecular flexibility index (Phi) is 70.3. The van der Waals surface area contributed by atoms with Gasteiger partial charge in [-0.3, -0.25) is 37.3 Å². The highest BCUT2D eigenvalue weighted by Crippen LogP contribution is 2.45. The summed E-state index contributed by atoms with van der Waals surface area (Å²) in [7, 11) is -9.93. The fourth-order valence-corrected chi connectivity index (χ4v) is 13.6. The third-order valence-electron chi connectivity index (χ3n) is 18.3. The molecule has 17 nitrogen and oxygen atoms in total. The number of rotatable bonds is 78. The first-order chi connectivity index (χ1) is 48.4. The lowest BCUT2D eigenvalue weighted by atomic mass is 10.0. The van der Waals surface area contributed by atoms with E-state index in [4.69, 9.17) is 37.0 Å². The Morgan fingerprint density at radius 1 is 0.310 bits per heavy atom. The molecule has 0 aliphatic carbocycles. The van der Waals surface area contributed by atoms with Crippen LogP contribution < -0.4 is 0 Å². The van der Waals surface area contributed by atoms with Crippen molar-refractivity contribution in [1.82, 2.24) is 0 Å². The second kappa shape index (κ2) is 72.1. The van der Waals surface area contributed by atoms with Crippen LogP contribution in [0.2, 0.25) is 0 Å². The molecule has 0 heterocycles. The minimum Gasteiger partial charge on any atom is -0.462 e. The van der Waals surface area contributed by atoms with Gasteiger partial charge in [0.25, 0.3) is 0 Å². The Hall–Kier alpha value is -2.46. The van der Waals surface area contributed by atoms with E-state index < -0.39 is 97.5 Å². The van der Waals surface area contributed by atoms with Crippen molar-refractivity contribution in [3.05, 3.63) is 24.3 Å². The van der Waals surface area contributed by atoms with E-state index in [2.05, 4.69) is 65.8 Å². The third-order valence-corrected chi connectivity index (χ3v) is 20.2. The number of carbonyl (C=O) groups is 4. The quantitative estimate of drug-likeness (QED) is 0.0169. The van der Waals surface area contributed by atoms with Crippen LogP contribution in [-0.2, 0) is 65.4 Å². The van der Waals surface area contributed by atoms with E-state index >= 15 is 0 Å². The van der Waals surface area contributed by atoms with Crippen molar-refractivity contribution >= 4 is 39.5 Å². The highest BCUT2D eigenvalue weighted by atomic mass is 31.2. The van der Waals surface area contributed by atoms with Crippen molar-refractivity contribution in [2.75, 3.05) is 39.6 Å². The molecule has 2 unspecified atom stereocenters. The van der Waals surface area contributed by atoms with E-state index in [0.29, 0.717) is 31.6 Å². The number of carbonyl (C=O) groups excluding carboxylic acids is 4. The van der Waals surface area contributed by atoms with Crippen LogP contribution in [0, 0.1) is 11.8 Å². The van der Waals surface area contributed by atoms with Gasteiger partial charge in [-0.2, -0.15) is 0 Å². The van der Waals surface area contributed by atoms with Crippen LogP contribution in [0.5, 0.6) is 0 Å². The zero-order valence-corrected chi connectivity index (χ0v) is 66.8. The summed E-state index contributed by atoms with van der Waals surface area (Å²) in [5.41, 5.74) is 0.